The summed E-state index contributed by atoms with van der Waals surface area (Å²) in [4.78, 5) is 16.3. The van der Waals surface area contributed by atoms with Crippen molar-refractivity contribution < 1.29 is 14.3 Å². The first-order valence-electron chi connectivity index (χ1n) is 5.56. The number of hydrogen-bond donors (Lipinski definition) is 0. The highest BCUT2D eigenvalue weighted by molar-refractivity contribution is 8.14. The lowest BCUT2D eigenvalue weighted by molar-refractivity contribution is 0.108. The Morgan fingerprint density at radius 3 is 2.32 bits per heavy atom. The molecule has 2 aromatic rings. The van der Waals surface area contributed by atoms with E-state index in [9.17, 15) is 4.79 Å². The predicted molar refractivity (Wildman–Crippen MR) is 72.9 cm³/mol. The molecule has 1 aromatic heterocycles. The second kappa shape index (κ2) is 5.79. The lowest BCUT2D eigenvalue weighted by Crippen LogP contribution is -1.99. The summed E-state index contributed by atoms with van der Waals surface area (Å²) in [5.74, 6) is 1.17. The summed E-state index contributed by atoms with van der Waals surface area (Å²) in [5.41, 5.74) is 0.518. The van der Waals surface area contributed by atoms with Gasteiger partial charge in [-0.2, -0.15) is 0 Å². The van der Waals surface area contributed by atoms with Crippen molar-refractivity contribution in [3.8, 4) is 11.5 Å². The highest BCUT2D eigenvalue weighted by atomic mass is 32.2. The van der Waals surface area contributed by atoms with Crippen molar-refractivity contribution in [2.24, 2.45) is 7.05 Å². The van der Waals surface area contributed by atoms with Gasteiger partial charge in [-0.3, -0.25) is 4.79 Å². The largest absolute Gasteiger partial charge is 0.497 e. The third-order valence-electron chi connectivity index (χ3n) is 2.55. The second-order valence-electron chi connectivity index (χ2n) is 3.81. The number of carbonyl (C=O) groups is 1. The number of aromatic nitrogens is 2. The summed E-state index contributed by atoms with van der Waals surface area (Å²) in [6, 6.07) is 5.09. The maximum absolute atomic E-state index is 12.2. The van der Waals surface area contributed by atoms with Crippen LogP contribution in [0, 0.1) is 0 Å². The van der Waals surface area contributed by atoms with Gasteiger partial charge in [0.15, 0.2) is 5.16 Å². The van der Waals surface area contributed by atoms with Crippen LogP contribution in [-0.2, 0) is 7.05 Å². The number of nitrogens with zero attached hydrogens (tertiary/aromatic N) is 2. The van der Waals surface area contributed by atoms with Crippen LogP contribution in [0.15, 0.2) is 35.7 Å². The van der Waals surface area contributed by atoms with Crippen molar-refractivity contribution in [2.45, 2.75) is 5.16 Å². The van der Waals surface area contributed by atoms with Crippen molar-refractivity contribution >= 4 is 16.9 Å². The molecule has 1 aromatic carbocycles. The molecular weight excluding hydrogens is 264 g/mol. The quantitative estimate of drug-likeness (QED) is 0.804. The maximum atomic E-state index is 12.2. The fourth-order valence-electron chi connectivity index (χ4n) is 1.52. The van der Waals surface area contributed by atoms with Gasteiger partial charge in [0, 0.05) is 31.1 Å². The van der Waals surface area contributed by atoms with E-state index in [0.717, 1.165) is 11.8 Å². The molecular formula is C13H14N2O3S. The molecule has 0 aliphatic carbocycles. The molecule has 0 saturated carbocycles. The van der Waals surface area contributed by atoms with Gasteiger partial charge in [0.25, 0.3) is 0 Å². The summed E-state index contributed by atoms with van der Waals surface area (Å²) >= 11 is 1.07. The number of carbonyl (C=O) groups excluding carboxylic acids is 1. The molecule has 0 radical (unpaired) electrons. The molecule has 6 heteroatoms. The Morgan fingerprint density at radius 1 is 1.21 bits per heavy atom. The molecule has 19 heavy (non-hydrogen) atoms. The van der Waals surface area contributed by atoms with Crippen LogP contribution in [0.2, 0.25) is 0 Å². The normalized spacial score (nSPS) is 10.3. The summed E-state index contributed by atoms with van der Waals surface area (Å²) < 4.78 is 12.1. The molecule has 100 valence electrons. The molecule has 0 amide bonds. The lowest BCUT2D eigenvalue weighted by Gasteiger charge is -2.07. The summed E-state index contributed by atoms with van der Waals surface area (Å²) in [6.45, 7) is 0. The monoisotopic (exact) mass is 278 g/mol. The standard InChI is InChI=1S/C13H14N2O3S/c1-15-5-4-14-13(15)19-12(16)9-6-10(17-2)8-11(7-9)18-3/h4-8H,1-3H3. The number of benzene rings is 1. The second-order valence-corrected chi connectivity index (χ2v) is 4.75. The Kier molecular flexibility index (Phi) is 4.11. The SMILES string of the molecule is COc1cc(OC)cc(C(=O)Sc2nccn2C)c1. The number of methoxy groups -OCH3 is 2. The first kappa shape index (κ1) is 13.5. The van der Waals surface area contributed by atoms with E-state index in [4.69, 9.17) is 9.47 Å². The molecule has 0 unspecified atom stereocenters. The molecule has 5 nitrogen and oxygen atoms in total. The van der Waals surface area contributed by atoms with Gasteiger partial charge < -0.3 is 14.0 Å². The number of aryl methyl sites for hydroxylation is 1. The number of hydrogen-bond acceptors (Lipinski definition) is 5. The molecule has 0 aliphatic heterocycles. The molecule has 2 rings (SSSR count). The third-order valence-corrected chi connectivity index (χ3v) is 3.55. The minimum Gasteiger partial charge on any atom is -0.497 e. The fraction of sp³-hybridized carbons (Fsp3) is 0.231. The van der Waals surface area contributed by atoms with E-state index >= 15 is 0 Å². The van der Waals surface area contributed by atoms with E-state index in [-0.39, 0.29) is 5.12 Å². The molecule has 1 heterocycles. The van der Waals surface area contributed by atoms with Crippen LogP contribution in [-0.4, -0.2) is 28.9 Å². The Labute approximate surface area is 115 Å². The molecule has 0 atom stereocenters. The predicted octanol–water partition coefficient (Wildman–Crippen LogP) is 2.37. The van der Waals surface area contributed by atoms with Crippen molar-refractivity contribution in [1.29, 1.82) is 0 Å². The van der Waals surface area contributed by atoms with Gasteiger partial charge >= 0.3 is 0 Å². The first-order valence-corrected chi connectivity index (χ1v) is 6.38. The van der Waals surface area contributed by atoms with Gasteiger partial charge in [0.05, 0.1) is 14.2 Å². The Bertz CT molecular complexity index is 573. The van der Waals surface area contributed by atoms with E-state index in [1.165, 1.54) is 0 Å². The maximum Gasteiger partial charge on any atom is 0.227 e. The van der Waals surface area contributed by atoms with Gasteiger partial charge in [-0.25, -0.2) is 4.98 Å². The van der Waals surface area contributed by atoms with Gasteiger partial charge in [-0.05, 0) is 23.9 Å². The number of imidazole rings is 1. The van der Waals surface area contributed by atoms with Crippen molar-refractivity contribution in [2.75, 3.05) is 14.2 Å². The van der Waals surface area contributed by atoms with E-state index in [1.807, 2.05) is 7.05 Å². The summed E-state index contributed by atoms with van der Waals surface area (Å²) in [6.07, 6.45) is 3.45. The highest BCUT2D eigenvalue weighted by Gasteiger charge is 2.13. The van der Waals surface area contributed by atoms with Gasteiger partial charge in [-0.15, -0.1) is 0 Å². The topological polar surface area (TPSA) is 53.4 Å². The minimum atomic E-state index is -0.105. The third kappa shape index (κ3) is 3.08. The minimum absolute atomic E-state index is 0.105. The van der Waals surface area contributed by atoms with Crippen molar-refractivity contribution in [1.82, 2.24) is 9.55 Å². The molecule has 0 saturated heterocycles. The molecule has 0 fully saturated rings. The van der Waals surface area contributed by atoms with Crippen LogP contribution < -0.4 is 9.47 Å². The van der Waals surface area contributed by atoms with Gasteiger partial charge in [0.1, 0.15) is 11.5 Å². The Hall–Kier alpha value is -1.95. The molecule has 0 N–H and O–H groups in total. The van der Waals surface area contributed by atoms with Crippen LogP contribution in [0.4, 0.5) is 0 Å². The van der Waals surface area contributed by atoms with Crippen LogP contribution >= 0.6 is 11.8 Å². The van der Waals surface area contributed by atoms with Crippen LogP contribution in [0.1, 0.15) is 10.4 Å². The number of thioether (sulfide) groups is 1. The summed E-state index contributed by atoms with van der Waals surface area (Å²) in [5, 5.41) is 0.540. The Balaban J connectivity index is 2.25. The number of rotatable bonds is 4. The first-order chi connectivity index (χ1) is 9.13. The van der Waals surface area contributed by atoms with E-state index in [1.54, 1.807) is 49.4 Å². The zero-order valence-electron chi connectivity index (χ0n) is 10.9. The lowest BCUT2D eigenvalue weighted by atomic mass is 10.2. The highest BCUT2D eigenvalue weighted by Crippen LogP contribution is 2.27. The fourth-order valence-corrected chi connectivity index (χ4v) is 2.24. The molecule has 0 bridgehead atoms. The summed E-state index contributed by atoms with van der Waals surface area (Å²) in [7, 11) is 4.94. The molecule has 0 aliphatic rings. The van der Waals surface area contributed by atoms with E-state index < -0.39 is 0 Å². The number of ether oxygens (including phenoxy) is 2. The van der Waals surface area contributed by atoms with Crippen molar-refractivity contribution in [3.63, 3.8) is 0 Å². The van der Waals surface area contributed by atoms with Crippen LogP contribution in [0.5, 0.6) is 11.5 Å². The van der Waals surface area contributed by atoms with E-state index in [2.05, 4.69) is 4.98 Å². The average Bonchev–Trinajstić information content (AvgIpc) is 2.83. The van der Waals surface area contributed by atoms with Crippen LogP contribution in [0.25, 0.3) is 0 Å². The van der Waals surface area contributed by atoms with E-state index in [0.29, 0.717) is 22.2 Å². The van der Waals surface area contributed by atoms with Crippen molar-refractivity contribution in [3.05, 3.63) is 36.2 Å². The zero-order chi connectivity index (χ0) is 13.8. The zero-order valence-corrected chi connectivity index (χ0v) is 11.7. The smallest absolute Gasteiger partial charge is 0.227 e. The Morgan fingerprint density at radius 2 is 1.84 bits per heavy atom. The van der Waals surface area contributed by atoms with Gasteiger partial charge in [-0.1, -0.05) is 0 Å². The molecule has 0 spiro atoms. The van der Waals surface area contributed by atoms with Crippen LogP contribution in [0.3, 0.4) is 0 Å². The average molecular weight is 278 g/mol. The van der Waals surface area contributed by atoms with Gasteiger partial charge in [0.2, 0.25) is 5.12 Å².